The molecule has 0 heterocycles. The first-order valence-corrected chi connectivity index (χ1v) is 5.96. The summed E-state index contributed by atoms with van der Waals surface area (Å²) in [5.74, 6) is -6.70. The summed E-state index contributed by atoms with van der Waals surface area (Å²) in [6, 6.07) is 0.444. The molecule has 0 unspecified atom stereocenters. The van der Waals surface area contributed by atoms with Crippen LogP contribution in [0.4, 0.5) is 18.0 Å². The zero-order chi connectivity index (χ0) is 17.1. The number of carbonyl (C=O) groups is 2. The van der Waals surface area contributed by atoms with Gasteiger partial charge in [-0.3, -0.25) is 4.79 Å². The Balaban J connectivity index is 3.03. The fourth-order valence-corrected chi connectivity index (χ4v) is 1.35. The number of ketones is 1. The summed E-state index contributed by atoms with van der Waals surface area (Å²) >= 11 is 0. The minimum absolute atomic E-state index is 0.158. The average Bonchev–Trinajstić information content (AvgIpc) is 2.37. The van der Waals surface area contributed by atoms with Gasteiger partial charge in [-0.05, 0) is 26.8 Å². The molecule has 1 N–H and O–H groups in total. The number of rotatable bonds is 2. The Labute approximate surface area is 123 Å². The molecule has 0 aliphatic heterocycles. The van der Waals surface area contributed by atoms with Gasteiger partial charge >= 0.3 is 11.9 Å². The van der Waals surface area contributed by atoms with E-state index in [0.717, 1.165) is 0 Å². The Morgan fingerprint density at radius 1 is 1.14 bits per heavy atom. The van der Waals surface area contributed by atoms with E-state index in [1.54, 1.807) is 26.1 Å². The van der Waals surface area contributed by atoms with Crippen LogP contribution in [0.25, 0.3) is 5.53 Å². The van der Waals surface area contributed by atoms with Gasteiger partial charge in [0.25, 0.3) is 5.78 Å². The highest BCUT2D eigenvalue weighted by Crippen LogP contribution is 2.14. The SMILES string of the molecule is CC(C)(C)OC(=O)NC(=[N+]=[N-])C(=O)c1cc(F)c(F)cc1F. The first-order valence-electron chi connectivity index (χ1n) is 5.96. The third-order valence-corrected chi connectivity index (χ3v) is 2.19. The molecular weight excluding hydrogens is 303 g/mol. The molecule has 0 fully saturated rings. The summed E-state index contributed by atoms with van der Waals surface area (Å²) in [4.78, 5) is 25.8. The van der Waals surface area contributed by atoms with E-state index in [9.17, 15) is 22.8 Å². The molecule has 1 aromatic rings. The molecule has 0 saturated carbocycles. The number of hydrogen-bond donors (Lipinski definition) is 1. The zero-order valence-corrected chi connectivity index (χ0v) is 11.9. The van der Waals surface area contributed by atoms with Gasteiger partial charge < -0.3 is 15.1 Å². The van der Waals surface area contributed by atoms with Crippen molar-refractivity contribution in [3.8, 4) is 0 Å². The molecule has 1 amide bonds. The summed E-state index contributed by atoms with van der Waals surface area (Å²) < 4.78 is 44.2. The Morgan fingerprint density at radius 3 is 2.18 bits per heavy atom. The lowest BCUT2D eigenvalue weighted by Gasteiger charge is -2.16. The number of alkyl carbamates (subject to hydrolysis) is 1. The molecule has 0 radical (unpaired) electrons. The molecule has 118 valence electrons. The minimum atomic E-state index is -1.49. The number of Topliss-reactive ketones (excluding diaryl/α,β-unsaturated/α-hetero) is 1. The maximum absolute atomic E-state index is 13.5. The zero-order valence-electron chi connectivity index (χ0n) is 11.9. The van der Waals surface area contributed by atoms with E-state index in [0.29, 0.717) is 0 Å². The van der Waals surface area contributed by atoms with Gasteiger partial charge in [-0.2, -0.15) is 10.1 Å². The summed E-state index contributed by atoms with van der Waals surface area (Å²) in [6.45, 7) is 4.62. The molecular formula is C13H12F3N3O3. The van der Waals surface area contributed by atoms with Crippen molar-refractivity contribution >= 4 is 17.7 Å². The fourth-order valence-electron chi connectivity index (χ4n) is 1.35. The van der Waals surface area contributed by atoms with Crippen LogP contribution in [0.2, 0.25) is 0 Å². The highest BCUT2D eigenvalue weighted by atomic mass is 19.2. The first-order chi connectivity index (χ1) is 10.0. The number of hydrogen-bond acceptors (Lipinski definition) is 3. The van der Waals surface area contributed by atoms with Gasteiger partial charge in [0.2, 0.25) is 0 Å². The fraction of sp³-hybridized carbons (Fsp3) is 0.308. The molecule has 0 bridgehead atoms. The normalized spacial score (nSPS) is 10.6. The largest absolute Gasteiger partial charge is 0.506 e. The number of benzene rings is 1. The second kappa shape index (κ2) is 6.40. The van der Waals surface area contributed by atoms with Crippen molar-refractivity contribution in [3.63, 3.8) is 0 Å². The topological polar surface area (TPSA) is 91.8 Å². The van der Waals surface area contributed by atoms with Gasteiger partial charge in [-0.15, -0.1) is 0 Å². The van der Waals surface area contributed by atoms with E-state index in [-0.39, 0.29) is 12.1 Å². The van der Waals surface area contributed by atoms with Crippen LogP contribution >= 0.6 is 0 Å². The van der Waals surface area contributed by atoms with Crippen molar-refractivity contribution in [1.29, 1.82) is 0 Å². The third-order valence-electron chi connectivity index (χ3n) is 2.19. The predicted octanol–water partition coefficient (Wildman–Crippen LogP) is 2.44. The first kappa shape index (κ1) is 17.4. The standard InChI is InChI=1S/C13H12F3N3O3/c1-13(2,3)22-12(21)18-11(19-17)10(20)6-4-8(15)9(16)5-7(6)14/h4-5H,1-3H3,(H,18,21). The van der Waals surface area contributed by atoms with E-state index in [1.807, 2.05) is 0 Å². The molecule has 0 aliphatic rings. The summed E-state index contributed by atoms with van der Waals surface area (Å²) in [5.41, 5.74) is 6.91. The lowest BCUT2D eigenvalue weighted by atomic mass is 10.1. The molecule has 6 nitrogen and oxygen atoms in total. The van der Waals surface area contributed by atoms with Gasteiger partial charge in [0.05, 0.1) is 5.56 Å². The number of carbonyl (C=O) groups excluding carboxylic acids is 2. The van der Waals surface area contributed by atoms with Crippen molar-refractivity contribution in [3.05, 3.63) is 40.7 Å². The van der Waals surface area contributed by atoms with Gasteiger partial charge in [0.15, 0.2) is 11.6 Å². The Hall–Kier alpha value is -2.67. The minimum Gasteiger partial charge on any atom is -0.497 e. The molecule has 1 rings (SSSR count). The van der Waals surface area contributed by atoms with E-state index in [2.05, 4.69) is 4.79 Å². The number of amides is 1. The number of ether oxygens (including phenoxy) is 1. The summed E-state index contributed by atoms with van der Waals surface area (Å²) in [7, 11) is 0. The van der Waals surface area contributed by atoms with Gasteiger partial charge in [0, 0.05) is 6.07 Å². The maximum Gasteiger partial charge on any atom is 0.506 e. The lowest BCUT2D eigenvalue weighted by Crippen LogP contribution is -2.40. The van der Waals surface area contributed by atoms with E-state index in [1.165, 1.54) is 0 Å². The van der Waals surface area contributed by atoms with E-state index >= 15 is 0 Å². The van der Waals surface area contributed by atoms with Crippen LogP contribution < -0.4 is 5.32 Å². The van der Waals surface area contributed by atoms with Crippen LogP contribution in [-0.4, -0.2) is 28.1 Å². The monoisotopic (exact) mass is 315 g/mol. The van der Waals surface area contributed by atoms with Gasteiger partial charge in [-0.25, -0.2) is 13.2 Å². The van der Waals surface area contributed by atoms with Crippen LogP contribution in [0.5, 0.6) is 0 Å². The lowest BCUT2D eigenvalue weighted by molar-refractivity contribution is -0.0130. The van der Waals surface area contributed by atoms with Crippen LogP contribution in [0.15, 0.2) is 12.1 Å². The van der Waals surface area contributed by atoms with Crippen LogP contribution in [0.3, 0.4) is 0 Å². The highest BCUT2D eigenvalue weighted by molar-refractivity contribution is 6.44. The highest BCUT2D eigenvalue weighted by Gasteiger charge is 2.31. The van der Waals surface area contributed by atoms with Crippen molar-refractivity contribution in [2.45, 2.75) is 26.4 Å². The molecule has 0 aromatic heterocycles. The molecule has 0 atom stereocenters. The summed E-state index contributed by atoms with van der Waals surface area (Å²) in [6.07, 6.45) is -1.14. The molecule has 22 heavy (non-hydrogen) atoms. The quantitative estimate of drug-likeness (QED) is 0.227. The van der Waals surface area contributed by atoms with Gasteiger partial charge in [0.1, 0.15) is 11.4 Å². The molecule has 9 heteroatoms. The van der Waals surface area contributed by atoms with Crippen molar-refractivity contribution < 1.29 is 32.3 Å². The number of amidine groups is 1. The Kier molecular flexibility index (Phi) is 5.06. The predicted molar refractivity (Wildman–Crippen MR) is 68.6 cm³/mol. The van der Waals surface area contributed by atoms with E-state index < -0.39 is 46.3 Å². The molecule has 0 aliphatic carbocycles. The molecule has 1 aromatic carbocycles. The average molecular weight is 315 g/mol. The second-order valence-corrected chi connectivity index (χ2v) is 5.15. The van der Waals surface area contributed by atoms with E-state index in [4.69, 9.17) is 10.3 Å². The third kappa shape index (κ3) is 4.42. The Morgan fingerprint density at radius 2 is 1.68 bits per heavy atom. The smallest absolute Gasteiger partial charge is 0.497 e. The van der Waals surface area contributed by atoms with Crippen LogP contribution in [-0.2, 0) is 4.74 Å². The second-order valence-electron chi connectivity index (χ2n) is 5.15. The van der Waals surface area contributed by atoms with Gasteiger partial charge in [-0.1, -0.05) is 0 Å². The van der Waals surface area contributed by atoms with Crippen LogP contribution in [0, 0.1) is 17.5 Å². The number of nitrogens with one attached hydrogen (secondary N) is 1. The van der Waals surface area contributed by atoms with Crippen molar-refractivity contribution in [2.24, 2.45) is 0 Å². The van der Waals surface area contributed by atoms with Crippen LogP contribution in [0.1, 0.15) is 31.1 Å². The Bertz CT molecular complexity index is 677. The van der Waals surface area contributed by atoms with Crippen molar-refractivity contribution in [1.82, 2.24) is 5.32 Å². The maximum atomic E-state index is 13.5. The molecule has 0 spiro atoms. The number of halogens is 3. The summed E-state index contributed by atoms with van der Waals surface area (Å²) in [5, 5.41) is 1.79. The van der Waals surface area contributed by atoms with Crippen molar-refractivity contribution in [2.75, 3.05) is 0 Å². The molecule has 0 saturated heterocycles. The number of nitrogens with zero attached hydrogens (tertiary/aromatic N) is 2.